The lowest BCUT2D eigenvalue weighted by atomic mass is 10.1. The molecule has 0 aliphatic heterocycles. The van der Waals surface area contributed by atoms with Gasteiger partial charge >= 0.3 is 0 Å². The van der Waals surface area contributed by atoms with E-state index in [2.05, 4.69) is 29.8 Å². The minimum Gasteiger partial charge on any atom is -0.146 e. The van der Waals surface area contributed by atoms with Gasteiger partial charge in [-0.2, -0.15) is 0 Å². The van der Waals surface area contributed by atoms with Gasteiger partial charge in [0.1, 0.15) is 0 Å². The molecule has 0 fully saturated rings. The van der Waals surface area contributed by atoms with Crippen LogP contribution in [0.1, 0.15) is 36.4 Å². The zero-order valence-electron chi connectivity index (χ0n) is 7.89. The fraction of sp³-hybridized carbons (Fsp3) is 0.600. The molecule has 0 spiro atoms. The molecule has 0 amide bonds. The van der Waals surface area contributed by atoms with Crippen molar-refractivity contribution < 1.29 is 0 Å². The fourth-order valence-electron chi connectivity index (χ4n) is 1.14. The highest BCUT2D eigenvalue weighted by Gasteiger charge is 2.12. The SMILES string of the molecule is CC(C)CCC(Br)c1sccc1Cl. The van der Waals surface area contributed by atoms with E-state index in [4.69, 9.17) is 11.6 Å². The summed E-state index contributed by atoms with van der Waals surface area (Å²) >= 11 is 11.4. The molecule has 13 heavy (non-hydrogen) atoms. The highest BCUT2D eigenvalue weighted by molar-refractivity contribution is 9.09. The summed E-state index contributed by atoms with van der Waals surface area (Å²) in [6, 6.07) is 1.96. The van der Waals surface area contributed by atoms with E-state index >= 15 is 0 Å². The zero-order chi connectivity index (χ0) is 9.84. The Morgan fingerprint density at radius 3 is 2.62 bits per heavy atom. The molecule has 0 aromatic carbocycles. The molecule has 0 radical (unpaired) electrons. The summed E-state index contributed by atoms with van der Waals surface area (Å²) in [5.74, 6) is 0.763. The van der Waals surface area contributed by atoms with Gasteiger partial charge in [0.2, 0.25) is 0 Å². The minimum atomic E-state index is 0.433. The topological polar surface area (TPSA) is 0 Å². The molecular weight excluding hydrogens is 268 g/mol. The second-order valence-corrected chi connectivity index (χ2v) is 6.03. The van der Waals surface area contributed by atoms with Gasteiger partial charge in [-0.1, -0.05) is 41.4 Å². The summed E-state index contributed by atoms with van der Waals surface area (Å²) in [7, 11) is 0. The van der Waals surface area contributed by atoms with Crippen LogP contribution < -0.4 is 0 Å². The number of alkyl halides is 1. The van der Waals surface area contributed by atoms with E-state index in [9.17, 15) is 0 Å². The van der Waals surface area contributed by atoms with E-state index < -0.39 is 0 Å². The Hall–Kier alpha value is 0.470. The normalized spacial score (nSPS) is 13.6. The average Bonchev–Trinajstić information content (AvgIpc) is 2.47. The van der Waals surface area contributed by atoms with Crippen molar-refractivity contribution in [3.05, 3.63) is 21.3 Å². The number of halogens is 2. The van der Waals surface area contributed by atoms with E-state index in [0.717, 1.165) is 17.4 Å². The van der Waals surface area contributed by atoms with Crippen LogP contribution in [0.5, 0.6) is 0 Å². The largest absolute Gasteiger partial charge is 0.146 e. The van der Waals surface area contributed by atoms with Crippen molar-refractivity contribution in [3.63, 3.8) is 0 Å². The van der Waals surface area contributed by atoms with Crippen LogP contribution in [0, 0.1) is 5.92 Å². The molecular formula is C10H14BrClS. The molecule has 0 N–H and O–H groups in total. The first kappa shape index (κ1) is 11.5. The van der Waals surface area contributed by atoms with Crippen molar-refractivity contribution in [2.24, 2.45) is 5.92 Å². The van der Waals surface area contributed by atoms with Crippen LogP contribution in [0.15, 0.2) is 11.4 Å². The number of rotatable bonds is 4. The maximum atomic E-state index is 6.03. The highest BCUT2D eigenvalue weighted by Crippen LogP contribution is 2.37. The Kier molecular flexibility index (Phi) is 4.77. The van der Waals surface area contributed by atoms with Crippen molar-refractivity contribution >= 4 is 38.9 Å². The summed E-state index contributed by atoms with van der Waals surface area (Å²) in [4.78, 5) is 1.70. The third-order valence-corrected chi connectivity index (χ3v) is 4.62. The third-order valence-electron chi connectivity index (χ3n) is 1.93. The molecule has 3 heteroatoms. The van der Waals surface area contributed by atoms with Crippen molar-refractivity contribution in [3.8, 4) is 0 Å². The molecule has 1 unspecified atom stereocenters. The Morgan fingerprint density at radius 1 is 1.46 bits per heavy atom. The molecule has 1 aromatic rings. The summed E-state index contributed by atoms with van der Waals surface area (Å²) < 4.78 is 0. The van der Waals surface area contributed by atoms with Crippen LogP contribution in [0.25, 0.3) is 0 Å². The van der Waals surface area contributed by atoms with Crippen LogP contribution in [0.3, 0.4) is 0 Å². The number of hydrogen-bond donors (Lipinski definition) is 0. The smallest absolute Gasteiger partial charge is 0.0556 e. The highest BCUT2D eigenvalue weighted by atomic mass is 79.9. The molecule has 1 aromatic heterocycles. The molecule has 0 saturated heterocycles. The monoisotopic (exact) mass is 280 g/mol. The van der Waals surface area contributed by atoms with E-state index in [0.29, 0.717) is 4.83 Å². The molecule has 0 aliphatic carbocycles. The van der Waals surface area contributed by atoms with Crippen LogP contribution in [0.2, 0.25) is 5.02 Å². The number of hydrogen-bond acceptors (Lipinski definition) is 1. The molecule has 0 bridgehead atoms. The summed E-state index contributed by atoms with van der Waals surface area (Å²) in [5.41, 5.74) is 0. The molecule has 0 aliphatic rings. The Bertz CT molecular complexity index is 257. The van der Waals surface area contributed by atoms with Gasteiger partial charge in [-0.15, -0.1) is 11.3 Å². The van der Waals surface area contributed by atoms with Crippen LogP contribution in [0.4, 0.5) is 0 Å². The standard InChI is InChI=1S/C10H14BrClS/c1-7(2)3-4-8(11)10-9(12)5-6-13-10/h5-8H,3-4H2,1-2H3. The van der Waals surface area contributed by atoms with Gasteiger partial charge in [0.15, 0.2) is 0 Å². The molecule has 0 saturated carbocycles. The molecule has 1 rings (SSSR count). The van der Waals surface area contributed by atoms with Crippen LogP contribution >= 0.6 is 38.9 Å². The maximum Gasteiger partial charge on any atom is 0.0556 e. The van der Waals surface area contributed by atoms with Gasteiger partial charge in [-0.25, -0.2) is 0 Å². The lowest BCUT2D eigenvalue weighted by Gasteiger charge is -2.09. The average molecular weight is 282 g/mol. The lowest BCUT2D eigenvalue weighted by Crippen LogP contribution is -1.92. The van der Waals surface area contributed by atoms with Crippen molar-refractivity contribution in [2.45, 2.75) is 31.5 Å². The first-order valence-electron chi connectivity index (χ1n) is 4.48. The molecule has 1 atom stereocenters. The van der Waals surface area contributed by atoms with E-state index in [1.807, 2.05) is 11.4 Å². The summed E-state index contributed by atoms with van der Waals surface area (Å²) in [6.45, 7) is 4.49. The van der Waals surface area contributed by atoms with Gasteiger partial charge in [0.05, 0.1) is 9.85 Å². The Morgan fingerprint density at radius 2 is 2.15 bits per heavy atom. The van der Waals surface area contributed by atoms with E-state index in [1.54, 1.807) is 11.3 Å². The minimum absolute atomic E-state index is 0.433. The van der Waals surface area contributed by atoms with Gasteiger partial charge < -0.3 is 0 Å². The maximum absolute atomic E-state index is 6.03. The first-order chi connectivity index (χ1) is 6.11. The van der Waals surface area contributed by atoms with E-state index in [-0.39, 0.29) is 0 Å². The van der Waals surface area contributed by atoms with Crippen LogP contribution in [-0.2, 0) is 0 Å². The number of thiophene rings is 1. The van der Waals surface area contributed by atoms with Crippen molar-refractivity contribution in [1.82, 2.24) is 0 Å². The molecule has 74 valence electrons. The van der Waals surface area contributed by atoms with E-state index in [1.165, 1.54) is 11.3 Å². The van der Waals surface area contributed by atoms with Gasteiger partial charge in [-0.3, -0.25) is 0 Å². The lowest BCUT2D eigenvalue weighted by molar-refractivity contribution is 0.556. The van der Waals surface area contributed by atoms with Crippen molar-refractivity contribution in [2.75, 3.05) is 0 Å². The predicted octanol–water partition coefficient (Wildman–Crippen LogP) is 5.27. The second kappa shape index (κ2) is 5.38. The first-order valence-corrected chi connectivity index (χ1v) is 6.65. The van der Waals surface area contributed by atoms with Crippen LogP contribution in [-0.4, -0.2) is 0 Å². The summed E-state index contributed by atoms with van der Waals surface area (Å²) in [6.07, 6.45) is 2.40. The fourth-order valence-corrected chi connectivity index (χ4v) is 3.31. The third kappa shape index (κ3) is 3.61. The molecule has 0 nitrogen and oxygen atoms in total. The molecule has 1 heterocycles. The quantitative estimate of drug-likeness (QED) is 0.659. The van der Waals surface area contributed by atoms with Gasteiger partial charge in [-0.05, 0) is 30.2 Å². The Balaban J connectivity index is 2.49. The summed E-state index contributed by atoms with van der Waals surface area (Å²) in [5, 5.41) is 2.94. The Labute approximate surface area is 97.4 Å². The second-order valence-electron chi connectivity index (χ2n) is 3.57. The predicted molar refractivity (Wildman–Crippen MR) is 65.1 cm³/mol. The zero-order valence-corrected chi connectivity index (χ0v) is 11.0. The van der Waals surface area contributed by atoms with Gasteiger partial charge in [0, 0.05) is 4.88 Å². The van der Waals surface area contributed by atoms with Gasteiger partial charge in [0.25, 0.3) is 0 Å². The van der Waals surface area contributed by atoms with Crippen molar-refractivity contribution in [1.29, 1.82) is 0 Å².